The lowest BCUT2D eigenvalue weighted by Gasteiger charge is -2.33. The number of amides is 1. The Hall–Kier alpha value is -1.66. The number of nitrogens with one attached hydrogen (secondary N) is 2. The zero-order chi connectivity index (χ0) is 16.1. The molecule has 1 aromatic heterocycles. The predicted octanol–water partition coefficient (Wildman–Crippen LogP) is 1.07. The number of pyridine rings is 1. The van der Waals surface area contributed by atoms with Gasteiger partial charge in [-0.3, -0.25) is 4.79 Å². The van der Waals surface area contributed by atoms with Gasteiger partial charge >= 0.3 is 0 Å². The number of morpholine rings is 1. The van der Waals surface area contributed by atoms with Crippen molar-refractivity contribution in [1.82, 2.24) is 15.6 Å². The van der Waals surface area contributed by atoms with Gasteiger partial charge in [0, 0.05) is 25.8 Å². The molecule has 6 nitrogen and oxygen atoms in total. The van der Waals surface area contributed by atoms with Crippen molar-refractivity contribution in [3.8, 4) is 0 Å². The molecular formula is C17H26N4O2. The van der Waals surface area contributed by atoms with E-state index < -0.39 is 5.54 Å². The highest BCUT2D eigenvalue weighted by Gasteiger charge is 2.33. The quantitative estimate of drug-likeness (QED) is 0.869. The van der Waals surface area contributed by atoms with Crippen molar-refractivity contribution in [3.63, 3.8) is 0 Å². The molecule has 3 heterocycles. The molecule has 2 aliphatic rings. The lowest BCUT2D eigenvalue weighted by molar-refractivity contribution is -0.128. The number of nitrogens with zero attached hydrogens (tertiary/aromatic N) is 2. The molecule has 1 aromatic rings. The lowest BCUT2D eigenvalue weighted by atomic mass is 9.90. The van der Waals surface area contributed by atoms with Gasteiger partial charge in [0.2, 0.25) is 5.91 Å². The van der Waals surface area contributed by atoms with Gasteiger partial charge in [0.15, 0.2) is 0 Å². The van der Waals surface area contributed by atoms with E-state index in [-0.39, 0.29) is 5.91 Å². The second-order valence-corrected chi connectivity index (χ2v) is 6.52. The van der Waals surface area contributed by atoms with Crippen molar-refractivity contribution in [1.29, 1.82) is 0 Å². The number of carbonyl (C=O) groups excluding carboxylic acids is 1. The maximum atomic E-state index is 12.4. The second kappa shape index (κ2) is 7.27. The Balaban J connectivity index is 1.53. The molecular weight excluding hydrogens is 292 g/mol. The van der Waals surface area contributed by atoms with Gasteiger partial charge in [-0.05, 0) is 44.4 Å². The predicted molar refractivity (Wildman–Crippen MR) is 89.4 cm³/mol. The maximum absolute atomic E-state index is 12.4. The summed E-state index contributed by atoms with van der Waals surface area (Å²) in [6.07, 6.45) is 5.00. The maximum Gasteiger partial charge on any atom is 0.240 e. The molecule has 0 saturated carbocycles. The van der Waals surface area contributed by atoms with Crippen molar-refractivity contribution in [2.45, 2.75) is 38.3 Å². The number of hydrogen-bond donors (Lipinski definition) is 2. The molecule has 2 fully saturated rings. The monoisotopic (exact) mass is 318 g/mol. The Morgan fingerprint density at radius 3 is 2.87 bits per heavy atom. The van der Waals surface area contributed by atoms with Gasteiger partial charge in [-0.15, -0.1) is 0 Å². The molecule has 0 spiro atoms. The third kappa shape index (κ3) is 4.00. The van der Waals surface area contributed by atoms with Crippen molar-refractivity contribution < 1.29 is 9.53 Å². The van der Waals surface area contributed by atoms with Crippen LogP contribution in [0.5, 0.6) is 0 Å². The van der Waals surface area contributed by atoms with Crippen molar-refractivity contribution in [2.24, 2.45) is 0 Å². The molecule has 126 valence electrons. The summed E-state index contributed by atoms with van der Waals surface area (Å²) in [4.78, 5) is 19.1. The zero-order valence-electron chi connectivity index (χ0n) is 13.8. The highest BCUT2D eigenvalue weighted by atomic mass is 16.5. The minimum Gasteiger partial charge on any atom is -0.378 e. The standard InChI is InChI=1S/C17H26N4O2/c1-17(6-2-3-7-20-17)16(22)19-13-14-4-5-15(18-12-14)21-8-10-23-11-9-21/h4-5,12,20H,2-3,6-11,13H2,1H3,(H,19,22). The number of anilines is 1. The van der Waals surface area contributed by atoms with Crippen LogP contribution in [0, 0.1) is 0 Å². The molecule has 0 aliphatic carbocycles. The first-order chi connectivity index (χ1) is 11.2. The van der Waals surface area contributed by atoms with E-state index in [9.17, 15) is 4.79 Å². The summed E-state index contributed by atoms with van der Waals surface area (Å²) >= 11 is 0. The molecule has 0 aromatic carbocycles. The minimum absolute atomic E-state index is 0.0782. The smallest absolute Gasteiger partial charge is 0.240 e. The van der Waals surface area contributed by atoms with Gasteiger partial charge in [0.05, 0.1) is 18.8 Å². The summed E-state index contributed by atoms with van der Waals surface area (Å²) in [7, 11) is 0. The van der Waals surface area contributed by atoms with Crippen LogP contribution >= 0.6 is 0 Å². The normalized spacial score (nSPS) is 25.2. The van der Waals surface area contributed by atoms with Crippen LogP contribution in [-0.4, -0.2) is 49.3 Å². The molecule has 2 aliphatic heterocycles. The summed E-state index contributed by atoms with van der Waals surface area (Å²) in [5.41, 5.74) is 0.592. The Labute approximate surface area is 137 Å². The molecule has 1 atom stereocenters. The topological polar surface area (TPSA) is 66.5 Å². The van der Waals surface area contributed by atoms with E-state index in [1.165, 1.54) is 0 Å². The number of carbonyl (C=O) groups is 1. The van der Waals surface area contributed by atoms with E-state index in [1.54, 1.807) is 0 Å². The number of hydrogen-bond acceptors (Lipinski definition) is 5. The fraction of sp³-hybridized carbons (Fsp3) is 0.647. The van der Waals surface area contributed by atoms with Crippen LogP contribution in [0.4, 0.5) is 5.82 Å². The van der Waals surface area contributed by atoms with Gasteiger partial charge in [-0.25, -0.2) is 4.98 Å². The summed E-state index contributed by atoms with van der Waals surface area (Å²) in [5.74, 6) is 1.05. The summed E-state index contributed by atoms with van der Waals surface area (Å²) in [5, 5.41) is 6.37. The zero-order valence-corrected chi connectivity index (χ0v) is 13.8. The molecule has 2 saturated heterocycles. The second-order valence-electron chi connectivity index (χ2n) is 6.52. The molecule has 0 bridgehead atoms. The molecule has 0 radical (unpaired) electrons. The van der Waals surface area contributed by atoms with Gasteiger partial charge in [-0.1, -0.05) is 6.07 Å². The number of ether oxygens (including phenoxy) is 1. The molecule has 23 heavy (non-hydrogen) atoms. The SMILES string of the molecule is CC1(C(=O)NCc2ccc(N3CCOCC3)nc2)CCCCN1. The van der Waals surface area contributed by atoms with Gasteiger partial charge in [-0.2, -0.15) is 0 Å². The van der Waals surface area contributed by atoms with E-state index >= 15 is 0 Å². The summed E-state index contributed by atoms with van der Waals surface area (Å²) < 4.78 is 5.35. The third-order valence-corrected chi connectivity index (χ3v) is 4.72. The van der Waals surface area contributed by atoms with Crippen molar-refractivity contribution >= 4 is 11.7 Å². The van der Waals surface area contributed by atoms with Crippen molar-refractivity contribution in [3.05, 3.63) is 23.9 Å². The van der Waals surface area contributed by atoms with Gasteiger partial charge < -0.3 is 20.3 Å². The Morgan fingerprint density at radius 2 is 2.22 bits per heavy atom. The van der Waals surface area contributed by atoms with Crippen LogP contribution in [0.3, 0.4) is 0 Å². The van der Waals surface area contributed by atoms with Gasteiger partial charge in [0.25, 0.3) is 0 Å². The first kappa shape index (κ1) is 16.2. The summed E-state index contributed by atoms with van der Waals surface area (Å²) in [6.45, 7) is 6.70. The fourth-order valence-electron chi connectivity index (χ4n) is 3.13. The number of aromatic nitrogens is 1. The van der Waals surface area contributed by atoms with E-state index in [0.717, 1.165) is 63.5 Å². The Morgan fingerprint density at radius 1 is 1.39 bits per heavy atom. The van der Waals surface area contributed by atoms with E-state index in [2.05, 4.69) is 20.5 Å². The number of piperidine rings is 1. The van der Waals surface area contributed by atoms with Crippen molar-refractivity contribution in [2.75, 3.05) is 37.7 Å². The van der Waals surface area contributed by atoms with Crippen LogP contribution in [0.15, 0.2) is 18.3 Å². The average Bonchev–Trinajstić information content (AvgIpc) is 2.61. The first-order valence-corrected chi connectivity index (χ1v) is 8.48. The van der Waals surface area contributed by atoms with E-state index in [0.29, 0.717) is 6.54 Å². The van der Waals surface area contributed by atoms with Crippen LogP contribution < -0.4 is 15.5 Å². The Kier molecular flexibility index (Phi) is 5.13. The molecule has 2 N–H and O–H groups in total. The molecule has 6 heteroatoms. The highest BCUT2D eigenvalue weighted by molar-refractivity contribution is 5.85. The largest absolute Gasteiger partial charge is 0.378 e. The van der Waals surface area contributed by atoms with Gasteiger partial charge in [0.1, 0.15) is 5.82 Å². The van der Waals surface area contributed by atoms with E-state index in [4.69, 9.17) is 4.74 Å². The average molecular weight is 318 g/mol. The molecule has 1 amide bonds. The van der Waals surface area contributed by atoms with Crippen LogP contribution in [-0.2, 0) is 16.1 Å². The molecule has 3 rings (SSSR count). The van der Waals surface area contributed by atoms with Crippen LogP contribution in [0.25, 0.3) is 0 Å². The highest BCUT2D eigenvalue weighted by Crippen LogP contribution is 2.19. The number of rotatable bonds is 4. The van der Waals surface area contributed by atoms with Crippen LogP contribution in [0.2, 0.25) is 0 Å². The van der Waals surface area contributed by atoms with E-state index in [1.807, 2.05) is 25.3 Å². The summed E-state index contributed by atoms with van der Waals surface area (Å²) in [6, 6.07) is 4.06. The third-order valence-electron chi connectivity index (χ3n) is 4.72. The lowest BCUT2D eigenvalue weighted by Crippen LogP contribution is -2.56. The minimum atomic E-state index is -0.431. The first-order valence-electron chi connectivity index (χ1n) is 8.48. The fourth-order valence-corrected chi connectivity index (χ4v) is 3.13. The van der Waals surface area contributed by atoms with Crippen LogP contribution in [0.1, 0.15) is 31.7 Å². The Bertz CT molecular complexity index is 520. The molecule has 1 unspecified atom stereocenters.